The predicted octanol–water partition coefficient (Wildman–Crippen LogP) is 0.607. The first-order chi connectivity index (χ1) is 10.6. The number of nitrogens with zero attached hydrogens (tertiary/aromatic N) is 2. The molecule has 22 heavy (non-hydrogen) atoms. The summed E-state index contributed by atoms with van der Waals surface area (Å²) < 4.78 is 0. The lowest BCUT2D eigenvalue weighted by atomic mass is 10.2. The Hall–Kier alpha value is -1.89. The van der Waals surface area contributed by atoms with Gasteiger partial charge < -0.3 is 9.90 Å². The summed E-state index contributed by atoms with van der Waals surface area (Å²) in [5.74, 6) is -1.72. The minimum atomic E-state index is -1.33. The van der Waals surface area contributed by atoms with Gasteiger partial charge in [0.25, 0.3) is 0 Å². The monoisotopic (exact) mass is 319 g/mol. The molecule has 0 bridgehead atoms. The molecule has 0 unspecified atom stereocenters. The number of aromatic carboxylic acids is 1. The SMILES string of the molecule is O=C([O-])c1cccnc1S[C@@H]1CC(=O)N(C2CCCC2)C1=O. The van der Waals surface area contributed by atoms with Crippen LogP contribution in [-0.4, -0.2) is 39.0 Å². The Balaban J connectivity index is 1.78. The van der Waals surface area contributed by atoms with Gasteiger partial charge in [0.05, 0.1) is 11.2 Å². The Morgan fingerprint density at radius 1 is 1.32 bits per heavy atom. The molecule has 2 heterocycles. The first-order valence-electron chi connectivity index (χ1n) is 7.27. The summed E-state index contributed by atoms with van der Waals surface area (Å²) >= 11 is 1.04. The number of hydrogen-bond acceptors (Lipinski definition) is 6. The molecule has 2 aliphatic rings. The van der Waals surface area contributed by atoms with Crippen LogP contribution in [0.25, 0.3) is 0 Å². The highest BCUT2D eigenvalue weighted by atomic mass is 32.2. The van der Waals surface area contributed by atoms with Crippen molar-refractivity contribution in [1.82, 2.24) is 9.88 Å². The molecule has 0 aromatic carbocycles. The number of pyridine rings is 1. The highest BCUT2D eigenvalue weighted by Crippen LogP contribution is 2.35. The molecule has 6 nitrogen and oxygen atoms in total. The lowest BCUT2D eigenvalue weighted by molar-refractivity contribution is -0.255. The van der Waals surface area contributed by atoms with Gasteiger partial charge in [0.15, 0.2) is 0 Å². The number of thioether (sulfide) groups is 1. The van der Waals surface area contributed by atoms with Crippen molar-refractivity contribution in [2.24, 2.45) is 0 Å². The molecule has 0 radical (unpaired) electrons. The van der Waals surface area contributed by atoms with Crippen LogP contribution in [-0.2, 0) is 9.59 Å². The molecule has 1 aliphatic heterocycles. The molecule has 1 aliphatic carbocycles. The lowest BCUT2D eigenvalue weighted by Gasteiger charge is -2.22. The van der Waals surface area contributed by atoms with Gasteiger partial charge in [-0.3, -0.25) is 14.5 Å². The van der Waals surface area contributed by atoms with Gasteiger partial charge in [-0.1, -0.05) is 24.6 Å². The fourth-order valence-corrected chi connectivity index (χ4v) is 4.15. The minimum Gasteiger partial charge on any atom is -0.545 e. The number of carbonyl (C=O) groups is 3. The van der Waals surface area contributed by atoms with Gasteiger partial charge in [0.1, 0.15) is 5.03 Å². The van der Waals surface area contributed by atoms with E-state index in [-0.39, 0.29) is 34.9 Å². The third kappa shape index (κ3) is 2.72. The van der Waals surface area contributed by atoms with Crippen LogP contribution in [0.1, 0.15) is 42.5 Å². The number of likely N-dealkylation sites (tertiary alicyclic amines) is 1. The number of carboxylic acids is 1. The van der Waals surface area contributed by atoms with Gasteiger partial charge in [-0.05, 0) is 25.0 Å². The maximum atomic E-state index is 12.5. The minimum absolute atomic E-state index is 0.00921. The van der Waals surface area contributed by atoms with Gasteiger partial charge in [-0.2, -0.15) is 0 Å². The second-order valence-corrected chi connectivity index (χ2v) is 6.69. The Morgan fingerprint density at radius 3 is 2.73 bits per heavy atom. The third-order valence-corrected chi connectivity index (χ3v) is 5.28. The predicted molar refractivity (Wildman–Crippen MR) is 76.9 cm³/mol. The Morgan fingerprint density at radius 2 is 2.05 bits per heavy atom. The summed E-state index contributed by atoms with van der Waals surface area (Å²) in [5, 5.41) is 10.7. The zero-order valence-electron chi connectivity index (χ0n) is 11.9. The molecule has 0 spiro atoms. The van der Waals surface area contributed by atoms with E-state index in [2.05, 4.69) is 4.98 Å². The van der Waals surface area contributed by atoms with Crippen molar-refractivity contribution in [2.45, 2.75) is 48.4 Å². The van der Waals surface area contributed by atoms with Crippen LogP contribution in [0.2, 0.25) is 0 Å². The molecule has 1 saturated carbocycles. The first kappa shape index (κ1) is 15.0. The van der Waals surface area contributed by atoms with Crippen LogP contribution in [0.3, 0.4) is 0 Å². The topological polar surface area (TPSA) is 90.4 Å². The zero-order valence-corrected chi connectivity index (χ0v) is 12.7. The van der Waals surface area contributed by atoms with Gasteiger partial charge >= 0.3 is 0 Å². The molecule has 3 rings (SSSR count). The second kappa shape index (κ2) is 6.08. The molecule has 7 heteroatoms. The number of carboxylic acid groups (broad SMARTS) is 1. The average Bonchev–Trinajstić information content (AvgIpc) is 3.08. The Kier molecular flexibility index (Phi) is 4.15. The Labute approximate surface area is 131 Å². The first-order valence-corrected chi connectivity index (χ1v) is 8.15. The van der Waals surface area contributed by atoms with Crippen molar-refractivity contribution in [3.8, 4) is 0 Å². The van der Waals surface area contributed by atoms with E-state index in [4.69, 9.17) is 0 Å². The van der Waals surface area contributed by atoms with Crippen molar-refractivity contribution in [3.05, 3.63) is 23.9 Å². The van der Waals surface area contributed by atoms with Crippen molar-refractivity contribution in [3.63, 3.8) is 0 Å². The zero-order chi connectivity index (χ0) is 15.7. The maximum Gasteiger partial charge on any atom is 0.243 e. The molecule has 1 atom stereocenters. The summed E-state index contributed by atoms with van der Waals surface area (Å²) in [4.78, 5) is 41.1. The summed E-state index contributed by atoms with van der Waals surface area (Å²) in [6, 6.07) is 2.90. The number of rotatable bonds is 4. The molecular formula is C15H15N2O4S-. The molecule has 116 valence electrons. The average molecular weight is 319 g/mol. The normalized spacial score (nSPS) is 22.5. The largest absolute Gasteiger partial charge is 0.545 e. The van der Waals surface area contributed by atoms with E-state index in [0.29, 0.717) is 0 Å². The van der Waals surface area contributed by atoms with E-state index >= 15 is 0 Å². The Bertz CT molecular complexity index is 628. The number of aromatic nitrogens is 1. The van der Waals surface area contributed by atoms with Crippen LogP contribution in [0.15, 0.2) is 23.4 Å². The molecule has 0 N–H and O–H groups in total. The quantitative estimate of drug-likeness (QED) is 0.755. The van der Waals surface area contributed by atoms with Crippen molar-refractivity contribution in [1.29, 1.82) is 0 Å². The standard InChI is InChI=1S/C15H16N2O4S/c18-12-8-11(14(19)17(12)9-4-1-2-5-9)22-13-10(15(20)21)6-3-7-16-13/h3,6-7,9,11H,1-2,4-5,8H2,(H,20,21)/p-1/t11-/m1/s1. The van der Waals surface area contributed by atoms with E-state index in [1.54, 1.807) is 0 Å². The van der Waals surface area contributed by atoms with Crippen molar-refractivity contribution >= 4 is 29.5 Å². The molecule has 1 saturated heterocycles. The van der Waals surface area contributed by atoms with Crippen LogP contribution < -0.4 is 5.11 Å². The van der Waals surface area contributed by atoms with Crippen LogP contribution in [0.4, 0.5) is 0 Å². The molecular weight excluding hydrogens is 304 g/mol. The fourth-order valence-electron chi connectivity index (χ4n) is 3.04. The molecule has 1 aromatic rings. The highest BCUT2D eigenvalue weighted by molar-refractivity contribution is 8.00. The van der Waals surface area contributed by atoms with Crippen molar-refractivity contribution < 1.29 is 19.5 Å². The van der Waals surface area contributed by atoms with Gasteiger partial charge in [-0.15, -0.1) is 0 Å². The smallest absolute Gasteiger partial charge is 0.243 e. The maximum absolute atomic E-state index is 12.5. The number of carbonyl (C=O) groups excluding carboxylic acids is 3. The summed E-state index contributed by atoms with van der Waals surface area (Å²) in [6.45, 7) is 0. The van der Waals surface area contributed by atoms with Crippen LogP contribution >= 0.6 is 11.8 Å². The number of imide groups is 1. The van der Waals surface area contributed by atoms with E-state index in [1.807, 2.05) is 0 Å². The lowest BCUT2D eigenvalue weighted by Crippen LogP contribution is -2.39. The van der Waals surface area contributed by atoms with E-state index in [0.717, 1.165) is 37.4 Å². The molecule has 2 fully saturated rings. The summed E-state index contributed by atoms with van der Waals surface area (Å²) in [6.07, 6.45) is 5.36. The van der Waals surface area contributed by atoms with Gasteiger partial charge in [0.2, 0.25) is 11.8 Å². The number of amides is 2. The van der Waals surface area contributed by atoms with Crippen LogP contribution in [0.5, 0.6) is 0 Å². The van der Waals surface area contributed by atoms with Gasteiger partial charge in [0, 0.05) is 24.2 Å². The fraction of sp³-hybridized carbons (Fsp3) is 0.467. The van der Waals surface area contributed by atoms with Crippen molar-refractivity contribution in [2.75, 3.05) is 0 Å². The van der Waals surface area contributed by atoms with E-state index < -0.39 is 11.2 Å². The molecule has 1 aromatic heterocycles. The van der Waals surface area contributed by atoms with E-state index in [1.165, 1.54) is 23.2 Å². The summed E-state index contributed by atoms with van der Waals surface area (Å²) in [7, 11) is 0. The summed E-state index contributed by atoms with van der Waals surface area (Å²) in [5.41, 5.74) is -0.0490. The third-order valence-electron chi connectivity index (χ3n) is 4.08. The van der Waals surface area contributed by atoms with Gasteiger partial charge in [-0.25, -0.2) is 4.98 Å². The van der Waals surface area contributed by atoms with E-state index in [9.17, 15) is 19.5 Å². The highest BCUT2D eigenvalue weighted by Gasteiger charge is 2.43. The second-order valence-electron chi connectivity index (χ2n) is 5.49. The van der Waals surface area contributed by atoms with Crippen LogP contribution in [0, 0.1) is 0 Å². The molecule has 2 amide bonds. The number of hydrogen-bond donors (Lipinski definition) is 0.